The Morgan fingerprint density at radius 1 is 0.667 bits per heavy atom. The second-order valence-corrected chi connectivity index (χ2v) is 7.92. The fourth-order valence-corrected chi connectivity index (χ4v) is 3.21. The Labute approximate surface area is 151 Å². The summed E-state index contributed by atoms with van der Waals surface area (Å²) in [6.45, 7) is 3.98. The van der Waals surface area contributed by atoms with Crippen LogP contribution < -0.4 is 11.5 Å². The standard InChI is InChI=1S/C21H44N2O/c1-3-4-5-6-7-8-9-10-11-12-13-14-15-16-17-18-20(24)19-21(2,22)23/h3-19,22-23H2,1-2H3. The Balaban J connectivity index is 3.14. The molecule has 3 nitrogen and oxygen atoms in total. The molecule has 0 fully saturated rings. The van der Waals surface area contributed by atoms with Crippen molar-refractivity contribution in [3.05, 3.63) is 0 Å². The Bertz CT molecular complexity index is 284. The molecule has 0 rings (SSSR count). The lowest BCUT2D eigenvalue weighted by Crippen LogP contribution is -2.47. The van der Waals surface area contributed by atoms with Gasteiger partial charge in [0.05, 0.1) is 5.66 Å². The van der Waals surface area contributed by atoms with E-state index in [2.05, 4.69) is 6.92 Å². The summed E-state index contributed by atoms with van der Waals surface area (Å²) < 4.78 is 0. The second-order valence-electron chi connectivity index (χ2n) is 7.92. The van der Waals surface area contributed by atoms with Crippen LogP contribution in [0.5, 0.6) is 0 Å². The lowest BCUT2D eigenvalue weighted by Gasteiger charge is -2.16. The zero-order chi connectivity index (χ0) is 18.1. The van der Waals surface area contributed by atoms with Crippen LogP contribution in [-0.2, 0) is 4.79 Å². The van der Waals surface area contributed by atoms with Gasteiger partial charge in [-0.2, -0.15) is 0 Å². The topological polar surface area (TPSA) is 69.1 Å². The highest BCUT2D eigenvalue weighted by molar-refractivity contribution is 5.79. The third-order valence-corrected chi connectivity index (χ3v) is 4.64. The minimum Gasteiger partial charge on any atom is -0.313 e. The van der Waals surface area contributed by atoms with Gasteiger partial charge in [-0.25, -0.2) is 0 Å². The van der Waals surface area contributed by atoms with Crippen LogP contribution in [0.1, 0.15) is 123 Å². The van der Waals surface area contributed by atoms with Gasteiger partial charge in [0.2, 0.25) is 0 Å². The smallest absolute Gasteiger partial charge is 0.136 e. The molecular weight excluding hydrogens is 296 g/mol. The second kappa shape index (κ2) is 16.1. The van der Waals surface area contributed by atoms with E-state index in [4.69, 9.17) is 11.5 Å². The number of Topliss-reactive ketones (excluding diaryl/α,β-unsaturated/α-hetero) is 1. The first-order chi connectivity index (χ1) is 11.5. The summed E-state index contributed by atoms with van der Waals surface area (Å²) >= 11 is 0. The van der Waals surface area contributed by atoms with Gasteiger partial charge in [0.25, 0.3) is 0 Å². The minimum atomic E-state index is -0.841. The van der Waals surface area contributed by atoms with E-state index in [1.807, 2.05) is 0 Å². The van der Waals surface area contributed by atoms with Gasteiger partial charge in [0.1, 0.15) is 5.78 Å². The molecule has 0 radical (unpaired) electrons. The number of ketones is 1. The fraction of sp³-hybridized carbons (Fsp3) is 0.952. The third-order valence-electron chi connectivity index (χ3n) is 4.64. The molecule has 0 aromatic carbocycles. The molecule has 0 unspecified atom stereocenters. The molecule has 0 saturated heterocycles. The van der Waals surface area contributed by atoms with Crippen LogP contribution in [0.4, 0.5) is 0 Å². The molecule has 0 saturated carbocycles. The lowest BCUT2D eigenvalue weighted by atomic mass is 10.0. The van der Waals surface area contributed by atoms with Gasteiger partial charge in [-0.15, -0.1) is 0 Å². The van der Waals surface area contributed by atoms with Crippen molar-refractivity contribution in [1.29, 1.82) is 0 Å². The first-order valence-corrected chi connectivity index (χ1v) is 10.5. The Kier molecular flexibility index (Phi) is 15.8. The summed E-state index contributed by atoms with van der Waals surface area (Å²) in [5.41, 5.74) is 10.5. The van der Waals surface area contributed by atoms with Crippen LogP contribution in [0.2, 0.25) is 0 Å². The molecule has 4 N–H and O–H groups in total. The quantitative estimate of drug-likeness (QED) is 0.243. The number of nitrogens with two attached hydrogens (primary N) is 2. The van der Waals surface area contributed by atoms with E-state index in [9.17, 15) is 4.79 Å². The highest BCUT2D eigenvalue weighted by Crippen LogP contribution is 2.14. The molecule has 24 heavy (non-hydrogen) atoms. The zero-order valence-corrected chi connectivity index (χ0v) is 16.6. The molecule has 0 amide bonds. The average molecular weight is 341 g/mol. The predicted molar refractivity (Wildman–Crippen MR) is 106 cm³/mol. The van der Waals surface area contributed by atoms with Crippen molar-refractivity contribution in [3.63, 3.8) is 0 Å². The lowest BCUT2D eigenvalue weighted by molar-refractivity contribution is -0.120. The van der Waals surface area contributed by atoms with Crippen molar-refractivity contribution in [1.82, 2.24) is 0 Å². The van der Waals surface area contributed by atoms with E-state index in [1.54, 1.807) is 6.92 Å². The van der Waals surface area contributed by atoms with Crippen LogP contribution in [-0.4, -0.2) is 11.4 Å². The normalized spacial score (nSPS) is 11.8. The predicted octanol–water partition coefficient (Wildman–Crippen LogP) is 5.84. The maximum Gasteiger partial charge on any atom is 0.136 e. The molecule has 0 aromatic rings. The molecule has 0 aromatic heterocycles. The largest absolute Gasteiger partial charge is 0.313 e. The molecule has 0 atom stereocenters. The van der Waals surface area contributed by atoms with Crippen LogP contribution in [0.15, 0.2) is 0 Å². The van der Waals surface area contributed by atoms with Crippen molar-refractivity contribution in [2.45, 2.75) is 129 Å². The summed E-state index contributed by atoms with van der Waals surface area (Å²) in [7, 11) is 0. The summed E-state index contributed by atoms with van der Waals surface area (Å²) in [6, 6.07) is 0. The van der Waals surface area contributed by atoms with Crippen LogP contribution >= 0.6 is 0 Å². The summed E-state index contributed by atoms with van der Waals surface area (Å²) in [4.78, 5) is 11.6. The molecule has 3 heteroatoms. The molecule has 0 aliphatic rings. The van der Waals surface area contributed by atoms with Crippen LogP contribution in [0.25, 0.3) is 0 Å². The zero-order valence-electron chi connectivity index (χ0n) is 16.6. The van der Waals surface area contributed by atoms with Crippen LogP contribution in [0.3, 0.4) is 0 Å². The van der Waals surface area contributed by atoms with Crippen molar-refractivity contribution >= 4 is 5.78 Å². The van der Waals surface area contributed by atoms with Gasteiger partial charge in [-0.1, -0.05) is 96.8 Å². The molecule has 0 heterocycles. The van der Waals surface area contributed by atoms with Crippen molar-refractivity contribution in [2.75, 3.05) is 0 Å². The molecular formula is C21H44N2O. The number of rotatable bonds is 18. The van der Waals surface area contributed by atoms with Crippen LogP contribution in [0, 0.1) is 0 Å². The summed E-state index contributed by atoms with van der Waals surface area (Å²) in [5, 5.41) is 0. The number of hydrogen-bond acceptors (Lipinski definition) is 3. The molecule has 0 aliphatic heterocycles. The Hall–Kier alpha value is -0.410. The fourth-order valence-electron chi connectivity index (χ4n) is 3.21. The van der Waals surface area contributed by atoms with Gasteiger partial charge >= 0.3 is 0 Å². The van der Waals surface area contributed by atoms with E-state index < -0.39 is 5.66 Å². The SMILES string of the molecule is CCCCCCCCCCCCCCCCCC(=O)CC(C)(N)N. The van der Waals surface area contributed by atoms with E-state index >= 15 is 0 Å². The van der Waals surface area contributed by atoms with E-state index in [1.165, 1.54) is 83.5 Å². The van der Waals surface area contributed by atoms with E-state index in [0.29, 0.717) is 12.8 Å². The maximum atomic E-state index is 11.6. The van der Waals surface area contributed by atoms with Gasteiger partial charge in [0.15, 0.2) is 0 Å². The molecule has 0 spiro atoms. The van der Waals surface area contributed by atoms with Crippen molar-refractivity contribution < 1.29 is 4.79 Å². The Morgan fingerprint density at radius 3 is 1.33 bits per heavy atom. The van der Waals surface area contributed by atoms with Crippen molar-refractivity contribution in [3.8, 4) is 0 Å². The monoisotopic (exact) mass is 340 g/mol. The first kappa shape index (κ1) is 23.6. The number of unbranched alkanes of at least 4 members (excludes halogenated alkanes) is 14. The first-order valence-electron chi connectivity index (χ1n) is 10.5. The van der Waals surface area contributed by atoms with Crippen molar-refractivity contribution in [2.24, 2.45) is 11.5 Å². The number of carbonyl (C=O) groups is 1. The third kappa shape index (κ3) is 19.6. The minimum absolute atomic E-state index is 0.206. The summed E-state index contributed by atoms with van der Waals surface area (Å²) in [5.74, 6) is 0.206. The Morgan fingerprint density at radius 2 is 1.00 bits per heavy atom. The van der Waals surface area contributed by atoms with Gasteiger partial charge in [-0.3, -0.25) is 4.79 Å². The van der Waals surface area contributed by atoms with E-state index in [-0.39, 0.29) is 5.78 Å². The maximum absolute atomic E-state index is 11.6. The van der Waals surface area contributed by atoms with Gasteiger partial charge < -0.3 is 11.5 Å². The highest BCUT2D eigenvalue weighted by Gasteiger charge is 2.15. The number of hydrogen-bond donors (Lipinski definition) is 2. The molecule has 144 valence electrons. The van der Waals surface area contributed by atoms with Gasteiger partial charge in [0, 0.05) is 12.8 Å². The number of carbonyl (C=O) groups excluding carboxylic acids is 1. The highest BCUT2D eigenvalue weighted by atomic mass is 16.1. The average Bonchev–Trinajstić information content (AvgIpc) is 2.49. The molecule has 0 aliphatic carbocycles. The van der Waals surface area contributed by atoms with Gasteiger partial charge in [-0.05, 0) is 13.3 Å². The molecule has 0 bridgehead atoms. The summed E-state index contributed by atoms with van der Waals surface area (Å²) in [6.07, 6.45) is 21.1. The van der Waals surface area contributed by atoms with E-state index in [0.717, 1.165) is 12.8 Å².